The number of hydrogen-bond acceptors (Lipinski definition) is 2. The lowest BCUT2D eigenvalue weighted by atomic mass is 10.0. The third-order valence-electron chi connectivity index (χ3n) is 2.57. The van der Waals surface area contributed by atoms with Crippen molar-refractivity contribution < 1.29 is 4.79 Å². The molecule has 0 aliphatic rings. The molecule has 0 bridgehead atoms. The average molecular weight is 249 g/mol. The summed E-state index contributed by atoms with van der Waals surface area (Å²) >= 11 is 5.97. The van der Waals surface area contributed by atoms with Gasteiger partial charge in [0.2, 0.25) is 0 Å². The van der Waals surface area contributed by atoms with Crippen LogP contribution in [0.1, 0.15) is 22.3 Å². The van der Waals surface area contributed by atoms with E-state index in [1.807, 2.05) is 25.4 Å². The fourth-order valence-electron chi connectivity index (χ4n) is 1.68. The number of Topliss-reactive ketones (excluding diaryl/α,β-unsaturated/α-hetero) is 1. The van der Waals surface area contributed by atoms with E-state index in [9.17, 15) is 4.79 Å². The minimum atomic E-state index is 0.0689. The van der Waals surface area contributed by atoms with Gasteiger partial charge in [0.15, 0.2) is 5.78 Å². The van der Waals surface area contributed by atoms with E-state index in [1.165, 1.54) is 0 Å². The largest absolute Gasteiger partial charge is 0.294 e. The summed E-state index contributed by atoms with van der Waals surface area (Å²) in [5.74, 6) is 0.0689. The maximum absolute atomic E-state index is 11.9. The molecular formula is C13H13ClN2O. The van der Waals surface area contributed by atoms with E-state index < -0.39 is 0 Å². The van der Waals surface area contributed by atoms with E-state index >= 15 is 0 Å². The lowest BCUT2D eigenvalue weighted by molar-refractivity contribution is 0.0983. The summed E-state index contributed by atoms with van der Waals surface area (Å²) in [6.45, 7) is 0. The average Bonchev–Trinajstić information content (AvgIpc) is 2.73. The first-order chi connectivity index (χ1) is 8.16. The second kappa shape index (κ2) is 5.15. The Kier molecular flexibility index (Phi) is 3.59. The smallest absolute Gasteiger partial charge is 0.164 e. The number of ketones is 1. The quantitative estimate of drug-likeness (QED) is 0.780. The molecule has 0 saturated heterocycles. The normalized spacial score (nSPS) is 10.5. The van der Waals surface area contributed by atoms with Gasteiger partial charge in [0.05, 0.1) is 11.2 Å². The number of aromatic nitrogens is 2. The summed E-state index contributed by atoms with van der Waals surface area (Å²) in [4.78, 5) is 11.9. The second-order valence-corrected chi connectivity index (χ2v) is 4.33. The summed E-state index contributed by atoms with van der Waals surface area (Å²) in [5.41, 5.74) is 1.66. The van der Waals surface area contributed by atoms with Gasteiger partial charge in [-0.05, 0) is 24.1 Å². The molecule has 0 spiro atoms. The van der Waals surface area contributed by atoms with Crippen molar-refractivity contribution in [1.82, 2.24) is 9.78 Å². The Morgan fingerprint density at radius 3 is 2.82 bits per heavy atom. The van der Waals surface area contributed by atoms with Crippen LogP contribution in [0.4, 0.5) is 0 Å². The first-order valence-electron chi connectivity index (χ1n) is 5.42. The molecule has 0 aliphatic heterocycles. The van der Waals surface area contributed by atoms with Gasteiger partial charge >= 0.3 is 0 Å². The molecule has 1 heterocycles. The number of halogens is 1. The van der Waals surface area contributed by atoms with Crippen LogP contribution in [0.2, 0.25) is 5.02 Å². The first-order valence-corrected chi connectivity index (χ1v) is 5.80. The number of hydrogen-bond donors (Lipinski definition) is 0. The Morgan fingerprint density at radius 1 is 1.41 bits per heavy atom. The minimum absolute atomic E-state index is 0.0689. The molecule has 0 atom stereocenters. The van der Waals surface area contributed by atoms with Crippen LogP contribution >= 0.6 is 11.6 Å². The maximum atomic E-state index is 11.9. The summed E-state index contributed by atoms with van der Waals surface area (Å²) < 4.78 is 1.73. The van der Waals surface area contributed by atoms with Crippen molar-refractivity contribution in [3.05, 3.63) is 52.8 Å². The van der Waals surface area contributed by atoms with Crippen LogP contribution in [0.15, 0.2) is 36.7 Å². The van der Waals surface area contributed by atoms with Crippen molar-refractivity contribution in [2.75, 3.05) is 0 Å². The van der Waals surface area contributed by atoms with E-state index in [2.05, 4.69) is 5.10 Å². The van der Waals surface area contributed by atoms with Gasteiger partial charge in [0.1, 0.15) is 0 Å². The third kappa shape index (κ3) is 2.94. The first kappa shape index (κ1) is 11.9. The Morgan fingerprint density at radius 2 is 2.18 bits per heavy atom. The molecule has 2 rings (SSSR count). The molecule has 0 aliphatic carbocycles. The molecule has 0 amide bonds. The van der Waals surface area contributed by atoms with Gasteiger partial charge in [-0.25, -0.2) is 0 Å². The van der Waals surface area contributed by atoms with Gasteiger partial charge in [0.25, 0.3) is 0 Å². The number of aryl methyl sites for hydroxylation is 2. The van der Waals surface area contributed by atoms with Crippen molar-refractivity contribution in [2.24, 2.45) is 7.05 Å². The lowest BCUT2D eigenvalue weighted by Crippen LogP contribution is -2.01. The molecular weight excluding hydrogens is 236 g/mol. The Labute approximate surface area is 105 Å². The van der Waals surface area contributed by atoms with Crippen LogP contribution in [-0.4, -0.2) is 15.6 Å². The van der Waals surface area contributed by atoms with E-state index in [-0.39, 0.29) is 5.78 Å². The van der Waals surface area contributed by atoms with Gasteiger partial charge in [-0.1, -0.05) is 23.7 Å². The topological polar surface area (TPSA) is 34.9 Å². The molecule has 1 aromatic carbocycles. The molecule has 0 unspecified atom stereocenters. The number of carbonyl (C=O) groups excluding carboxylic acids is 1. The van der Waals surface area contributed by atoms with Crippen molar-refractivity contribution in [3.8, 4) is 0 Å². The zero-order valence-corrected chi connectivity index (χ0v) is 10.3. The number of nitrogens with zero attached hydrogens (tertiary/aromatic N) is 2. The third-order valence-corrected chi connectivity index (χ3v) is 2.90. The van der Waals surface area contributed by atoms with Gasteiger partial charge in [0, 0.05) is 25.2 Å². The maximum Gasteiger partial charge on any atom is 0.164 e. The SMILES string of the molecule is Cn1cc(CCC(=O)c2ccccc2Cl)cn1. The molecule has 17 heavy (non-hydrogen) atoms. The van der Waals surface area contributed by atoms with Crippen molar-refractivity contribution in [2.45, 2.75) is 12.8 Å². The van der Waals surface area contributed by atoms with Crippen molar-refractivity contribution >= 4 is 17.4 Å². The van der Waals surface area contributed by atoms with Gasteiger partial charge in [-0.3, -0.25) is 9.48 Å². The summed E-state index contributed by atoms with van der Waals surface area (Å²) in [6, 6.07) is 7.14. The highest BCUT2D eigenvalue weighted by Gasteiger charge is 2.09. The van der Waals surface area contributed by atoms with Crippen LogP contribution in [0.25, 0.3) is 0 Å². The summed E-state index contributed by atoms with van der Waals surface area (Å²) in [7, 11) is 1.86. The second-order valence-electron chi connectivity index (χ2n) is 3.93. The van der Waals surface area contributed by atoms with Crippen LogP contribution in [-0.2, 0) is 13.5 Å². The van der Waals surface area contributed by atoms with Gasteiger partial charge < -0.3 is 0 Å². The molecule has 2 aromatic rings. The predicted molar refractivity (Wildman–Crippen MR) is 67.3 cm³/mol. The molecule has 0 N–H and O–H groups in total. The molecule has 1 aromatic heterocycles. The number of carbonyl (C=O) groups is 1. The molecule has 3 nitrogen and oxygen atoms in total. The van der Waals surface area contributed by atoms with Gasteiger partial charge in [-0.2, -0.15) is 5.10 Å². The standard InChI is InChI=1S/C13H13ClN2O/c1-16-9-10(8-15-16)6-7-13(17)11-4-2-3-5-12(11)14/h2-5,8-9H,6-7H2,1H3. The lowest BCUT2D eigenvalue weighted by Gasteiger charge is -2.02. The highest BCUT2D eigenvalue weighted by atomic mass is 35.5. The molecule has 0 radical (unpaired) electrons. The van der Waals surface area contributed by atoms with Crippen LogP contribution < -0.4 is 0 Å². The van der Waals surface area contributed by atoms with E-state index in [4.69, 9.17) is 11.6 Å². The van der Waals surface area contributed by atoms with Crippen LogP contribution in [0.5, 0.6) is 0 Å². The minimum Gasteiger partial charge on any atom is -0.294 e. The highest BCUT2D eigenvalue weighted by molar-refractivity contribution is 6.33. The summed E-state index contributed by atoms with van der Waals surface area (Å²) in [5, 5.41) is 4.58. The van der Waals surface area contributed by atoms with Crippen LogP contribution in [0.3, 0.4) is 0 Å². The molecule has 0 saturated carbocycles. The van der Waals surface area contributed by atoms with Crippen molar-refractivity contribution in [3.63, 3.8) is 0 Å². The van der Waals surface area contributed by atoms with E-state index in [0.717, 1.165) is 5.56 Å². The number of benzene rings is 1. The Hall–Kier alpha value is -1.61. The zero-order valence-electron chi connectivity index (χ0n) is 9.56. The highest BCUT2D eigenvalue weighted by Crippen LogP contribution is 2.17. The fourth-order valence-corrected chi connectivity index (χ4v) is 1.92. The fraction of sp³-hybridized carbons (Fsp3) is 0.231. The van der Waals surface area contributed by atoms with Crippen LogP contribution in [0, 0.1) is 0 Å². The Balaban J connectivity index is 2.01. The Bertz CT molecular complexity index is 534. The monoisotopic (exact) mass is 248 g/mol. The van der Waals surface area contributed by atoms with Crippen molar-refractivity contribution in [1.29, 1.82) is 0 Å². The van der Waals surface area contributed by atoms with E-state index in [0.29, 0.717) is 23.4 Å². The van der Waals surface area contributed by atoms with Gasteiger partial charge in [-0.15, -0.1) is 0 Å². The molecule has 0 fully saturated rings. The predicted octanol–water partition coefficient (Wildman–Crippen LogP) is 2.89. The van der Waals surface area contributed by atoms with E-state index in [1.54, 1.807) is 23.0 Å². The summed E-state index contributed by atoms with van der Waals surface area (Å²) in [6.07, 6.45) is 4.84. The molecule has 88 valence electrons. The molecule has 4 heteroatoms. The zero-order chi connectivity index (χ0) is 12.3. The number of rotatable bonds is 4.